The predicted octanol–water partition coefficient (Wildman–Crippen LogP) is 3.36. The highest BCUT2D eigenvalue weighted by atomic mass is 35.5. The number of halogens is 1. The molecule has 0 amide bonds. The molecule has 0 spiro atoms. The molecule has 1 aliphatic heterocycles. The molecule has 0 radical (unpaired) electrons. The second-order valence-electron chi connectivity index (χ2n) is 4.21. The molecule has 1 N–H and O–H groups in total. The summed E-state index contributed by atoms with van der Waals surface area (Å²) in [4.78, 5) is 4.49. The minimum Gasteiger partial charge on any atom is -0.368 e. The molecule has 2 nitrogen and oxygen atoms in total. The summed E-state index contributed by atoms with van der Waals surface area (Å²) in [5.74, 6) is 0.987. The highest BCUT2D eigenvalue weighted by molar-refractivity contribution is 6.30. The van der Waals surface area contributed by atoms with Crippen molar-refractivity contribution in [1.82, 2.24) is 5.32 Å². The Kier molecular flexibility index (Phi) is 3.03. The van der Waals surface area contributed by atoms with E-state index in [1.807, 2.05) is 36.4 Å². The van der Waals surface area contributed by atoms with Crippen LogP contribution in [0.3, 0.4) is 0 Å². The molecule has 1 heterocycles. The lowest BCUT2D eigenvalue weighted by Gasteiger charge is -2.10. The van der Waals surface area contributed by atoms with Crippen LogP contribution in [-0.4, -0.2) is 18.9 Å². The van der Waals surface area contributed by atoms with E-state index in [9.17, 15) is 0 Å². The number of hydrogen-bond acceptors (Lipinski definition) is 2. The zero-order valence-electron chi connectivity index (χ0n) is 9.86. The molecular formula is C15H13ClN2. The van der Waals surface area contributed by atoms with Gasteiger partial charge in [0.25, 0.3) is 0 Å². The Hall–Kier alpha value is -1.80. The monoisotopic (exact) mass is 256 g/mol. The summed E-state index contributed by atoms with van der Waals surface area (Å²) in [5.41, 5.74) is 3.49. The lowest BCUT2D eigenvalue weighted by molar-refractivity contribution is 0.960. The van der Waals surface area contributed by atoms with Crippen molar-refractivity contribution in [2.45, 2.75) is 0 Å². The van der Waals surface area contributed by atoms with E-state index in [4.69, 9.17) is 11.6 Å². The van der Waals surface area contributed by atoms with Gasteiger partial charge in [-0.15, -0.1) is 0 Å². The quantitative estimate of drug-likeness (QED) is 0.876. The van der Waals surface area contributed by atoms with Gasteiger partial charge in [-0.2, -0.15) is 0 Å². The molecule has 3 rings (SSSR count). The van der Waals surface area contributed by atoms with Crippen molar-refractivity contribution in [3.63, 3.8) is 0 Å². The Bertz CT molecular complexity index is 588. The molecule has 0 saturated heterocycles. The van der Waals surface area contributed by atoms with Gasteiger partial charge >= 0.3 is 0 Å². The van der Waals surface area contributed by atoms with E-state index in [1.54, 1.807) is 0 Å². The number of aliphatic imine (C=N–C) groups is 1. The van der Waals surface area contributed by atoms with Gasteiger partial charge in [0.2, 0.25) is 0 Å². The number of rotatable bonds is 2. The predicted molar refractivity (Wildman–Crippen MR) is 76.3 cm³/mol. The van der Waals surface area contributed by atoms with Gasteiger partial charge in [0.05, 0.1) is 6.54 Å². The fourth-order valence-electron chi connectivity index (χ4n) is 2.15. The Morgan fingerprint density at radius 2 is 1.67 bits per heavy atom. The number of benzene rings is 2. The second-order valence-corrected chi connectivity index (χ2v) is 4.65. The van der Waals surface area contributed by atoms with Gasteiger partial charge in [0, 0.05) is 17.1 Å². The summed E-state index contributed by atoms with van der Waals surface area (Å²) in [5, 5.41) is 4.08. The molecule has 90 valence electrons. The Balaban J connectivity index is 2.09. The highest BCUT2D eigenvalue weighted by Gasteiger charge is 2.12. The Morgan fingerprint density at radius 1 is 0.944 bits per heavy atom. The van der Waals surface area contributed by atoms with E-state index in [2.05, 4.69) is 22.4 Å². The van der Waals surface area contributed by atoms with Crippen LogP contribution in [0.2, 0.25) is 5.02 Å². The fourth-order valence-corrected chi connectivity index (χ4v) is 2.28. The van der Waals surface area contributed by atoms with E-state index < -0.39 is 0 Å². The van der Waals surface area contributed by atoms with Gasteiger partial charge in [0.15, 0.2) is 0 Å². The first kappa shape index (κ1) is 11.3. The van der Waals surface area contributed by atoms with Crippen LogP contribution in [0.5, 0.6) is 0 Å². The molecule has 0 fully saturated rings. The maximum absolute atomic E-state index is 5.93. The first-order valence-corrected chi connectivity index (χ1v) is 6.36. The number of nitrogens with one attached hydrogen (secondary N) is 1. The third-order valence-corrected chi connectivity index (χ3v) is 3.26. The topological polar surface area (TPSA) is 24.4 Å². The van der Waals surface area contributed by atoms with Crippen molar-refractivity contribution in [3.05, 3.63) is 59.1 Å². The minimum atomic E-state index is 0.757. The average molecular weight is 257 g/mol. The largest absolute Gasteiger partial charge is 0.368 e. The van der Waals surface area contributed by atoms with Crippen LogP contribution in [0.4, 0.5) is 0 Å². The van der Waals surface area contributed by atoms with E-state index in [0.29, 0.717) is 0 Å². The Morgan fingerprint density at radius 3 is 2.33 bits per heavy atom. The zero-order chi connectivity index (χ0) is 12.4. The maximum atomic E-state index is 5.93. The third-order valence-electron chi connectivity index (χ3n) is 3.01. The van der Waals surface area contributed by atoms with Crippen LogP contribution in [0, 0.1) is 0 Å². The smallest absolute Gasteiger partial charge is 0.129 e. The maximum Gasteiger partial charge on any atom is 0.129 e. The second kappa shape index (κ2) is 4.83. The normalized spacial score (nSPS) is 14.2. The first-order chi connectivity index (χ1) is 8.84. The molecule has 0 saturated carbocycles. The summed E-state index contributed by atoms with van der Waals surface area (Å²) in [7, 11) is 0. The molecule has 18 heavy (non-hydrogen) atoms. The molecule has 0 atom stereocenters. The van der Waals surface area contributed by atoms with Crippen LogP contribution < -0.4 is 5.32 Å². The van der Waals surface area contributed by atoms with Crippen LogP contribution in [0.25, 0.3) is 11.1 Å². The van der Waals surface area contributed by atoms with E-state index >= 15 is 0 Å². The molecule has 0 aromatic heterocycles. The molecule has 2 aromatic carbocycles. The number of amidine groups is 1. The molecule has 1 aliphatic rings. The van der Waals surface area contributed by atoms with Crippen LogP contribution in [-0.2, 0) is 0 Å². The van der Waals surface area contributed by atoms with Crippen molar-refractivity contribution in [3.8, 4) is 11.1 Å². The zero-order valence-corrected chi connectivity index (χ0v) is 10.6. The average Bonchev–Trinajstić information content (AvgIpc) is 2.93. The summed E-state index contributed by atoms with van der Waals surface area (Å²) in [6.07, 6.45) is 0. The minimum absolute atomic E-state index is 0.757. The lowest BCUT2D eigenvalue weighted by Crippen LogP contribution is -2.20. The fraction of sp³-hybridized carbons (Fsp3) is 0.133. The molecule has 3 heteroatoms. The van der Waals surface area contributed by atoms with Crippen molar-refractivity contribution in [2.75, 3.05) is 13.1 Å². The van der Waals surface area contributed by atoms with Crippen LogP contribution in [0.1, 0.15) is 5.56 Å². The number of nitrogens with zero attached hydrogens (tertiary/aromatic N) is 1. The Labute approximate surface area is 111 Å². The van der Waals surface area contributed by atoms with Gasteiger partial charge < -0.3 is 5.32 Å². The molecule has 0 unspecified atom stereocenters. The standard InChI is InChI=1S/C15H13ClN2/c16-12-7-5-11(6-8-12)13-3-1-2-4-14(13)15-17-9-10-18-15/h1-8H,9-10H2,(H,17,18). The third kappa shape index (κ3) is 2.12. The van der Waals surface area contributed by atoms with E-state index in [1.165, 1.54) is 5.56 Å². The molecule has 2 aromatic rings. The van der Waals surface area contributed by atoms with Crippen molar-refractivity contribution in [1.29, 1.82) is 0 Å². The first-order valence-electron chi connectivity index (χ1n) is 5.98. The van der Waals surface area contributed by atoms with Gasteiger partial charge in [0.1, 0.15) is 5.84 Å². The molecule has 0 bridgehead atoms. The highest BCUT2D eigenvalue weighted by Crippen LogP contribution is 2.25. The van der Waals surface area contributed by atoms with Crippen molar-refractivity contribution >= 4 is 17.4 Å². The summed E-state index contributed by atoms with van der Waals surface area (Å²) in [6.45, 7) is 1.77. The van der Waals surface area contributed by atoms with Crippen LogP contribution >= 0.6 is 11.6 Å². The van der Waals surface area contributed by atoms with Crippen molar-refractivity contribution < 1.29 is 0 Å². The molecule has 0 aliphatic carbocycles. The summed E-state index contributed by atoms with van der Waals surface area (Å²) >= 11 is 5.93. The molecular weight excluding hydrogens is 244 g/mol. The van der Waals surface area contributed by atoms with Gasteiger partial charge in [-0.05, 0) is 23.3 Å². The van der Waals surface area contributed by atoms with Gasteiger partial charge in [-0.1, -0.05) is 48.0 Å². The van der Waals surface area contributed by atoms with E-state index in [0.717, 1.165) is 35.1 Å². The lowest BCUT2D eigenvalue weighted by atomic mass is 9.99. The summed E-state index contributed by atoms with van der Waals surface area (Å²) in [6, 6.07) is 16.2. The SMILES string of the molecule is Clc1ccc(-c2ccccc2C2=NCCN2)cc1. The number of hydrogen-bond donors (Lipinski definition) is 1. The van der Waals surface area contributed by atoms with Crippen molar-refractivity contribution in [2.24, 2.45) is 4.99 Å². The van der Waals surface area contributed by atoms with Gasteiger partial charge in [-0.25, -0.2) is 0 Å². The van der Waals surface area contributed by atoms with Gasteiger partial charge in [-0.3, -0.25) is 4.99 Å². The summed E-state index contributed by atoms with van der Waals surface area (Å²) < 4.78 is 0. The van der Waals surface area contributed by atoms with E-state index in [-0.39, 0.29) is 0 Å². The van der Waals surface area contributed by atoms with Crippen LogP contribution in [0.15, 0.2) is 53.5 Å².